The van der Waals surface area contributed by atoms with Crippen molar-refractivity contribution < 1.29 is 13.2 Å². The summed E-state index contributed by atoms with van der Waals surface area (Å²) >= 11 is 0. The van der Waals surface area contributed by atoms with Crippen LogP contribution in [0.4, 0.5) is 19.0 Å². The fraction of sp³-hybridized carbons (Fsp3) is 0.625. The van der Waals surface area contributed by atoms with Gasteiger partial charge in [0.05, 0.1) is 5.56 Å². The molecule has 0 saturated carbocycles. The number of aromatic nitrogens is 1. The maximum Gasteiger partial charge on any atom is 0.419 e. The number of guanidine groups is 1. The zero-order valence-electron chi connectivity index (χ0n) is 14.0. The molecule has 1 aliphatic heterocycles. The first-order valence-corrected chi connectivity index (χ1v) is 8.13. The summed E-state index contributed by atoms with van der Waals surface area (Å²) in [5, 5.41) is 5.93. The normalized spacial score (nSPS) is 17.0. The van der Waals surface area contributed by atoms with Crippen molar-refractivity contribution in [1.29, 1.82) is 0 Å². The summed E-state index contributed by atoms with van der Waals surface area (Å²) in [4.78, 5) is 10.2. The van der Waals surface area contributed by atoms with Gasteiger partial charge in [0.2, 0.25) is 0 Å². The molecule has 1 fully saturated rings. The minimum Gasteiger partial charge on any atom is -0.368 e. The number of hydrogen-bond acceptors (Lipinski definition) is 3. The largest absolute Gasteiger partial charge is 0.419 e. The van der Waals surface area contributed by atoms with Gasteiger partial charge < -0.3 is 15.5 Å². The Balaban J connectivity index is 1.82. The second-order valence-electron chi connectivity index (χ2n) is 5.97. The molecule has 2 N–H and O–H groups in total. The molecule has 0 unspecified atom stereocenters. The van der Waals surface area contributed by atoms with Gasteiger partial charge in [-0.2, -0.15) is 13.2 Å². The number of alkyl halides is 3. The van der Waals surface area contributed by atoms with Crippen LogP contribution in [-0.4, -0.2) is 49.1 Å². The summed E-state index contributed by atoms with van der Waals surface area (Å²) in [6, 6.07) is 2.31. The number of rotatable bonds is 4. The predicted molar refractivity (Wildman–Crippen MR) is 89.1 cm³/mol. The van der Waals surface area contributed by atoms with E-state index in [0.29, 0.717) is 13.1 Å². The minimum atomic E-state index is -4.41. The quantitative estimate of drug-likeness (QED) is 0.501. The number of halogens is 3. The highest BCUT2D eigenvalue weighted by Gasteiger charge is 2.33. The first-order chi connectivity index (χ1) is 11.4. The van der Waals surface area contributed by atoms with Crippen molar-refractivity contribution in [3.05, 3.63) is 23.9 Å². The molecule has 2 rings (SSSR count). The molecular weight excluding hydrogens is 319 g/mol. The van der Waals surface area contributed by atoms with E-state index in [4.69, 9.17) is 0 Å². The lowest BCUT2D eigenvalue weighted by Crippen LogP contribution is -2.46. The molecule has 1 aromatic heterocycles. The molecule has 1 aliphatic rings. The topological polar surface area (TPSA) is 52.6 Å². The van der Waals surface area contributed by atoms with Crippen LogP contribution >= 0.6 is 0 Å². The zero-order valence-corrected chi connectivity index (χ0v) is 14.0. The van der Waals surface area contributed by atoms with Gasteiger partial charge in [0, 0.05) is 39.4 Å². The Morgan fingerprint density at radius 3 is 2.67 bits per heavy atom. The molecular formula is C16H24F3N5. The maximum atomic E-state index is 12.9. The summed E-state index contributed by atoms with van der Waals surface area (Å²) in [7, 11) is 1.72. The molecule has 134 valence electrons. The second-order valence-corrected chi connectivity index (χ2v) is 5.97. The van der Waals surface area contributed by atoms with Gasteiger partial charge in [0.15, 0.2) is 5.96 Å². The highest BCUT2D eigenvalue weighted by molar-refractivity contribution is 5.80. The van der Waals surface area contributed by atoms with Crippen LogP contribution in [0.2, 0.25) is 0 Å². The van der Waals surface area contributed by atoms with Crippen LogP contribution in [-0.2, 0) is 6.18 Å². The third kappa shape index (κ3) is 5.01. The molecule has 1 aromatic rings. The molecule has 0 aliphatic carbocycles. The fourth-order valence-electron chi connectivity index (χ4n) is 2.68. The maximum absolute atomic E-state index is 12.9. The number of aliphatic imine (C=N–C) groups is 1. The lowest BCUT2D eigenvalue weighted by Gasteiger charge is -2.32. The third-order valence-electron chi connectivity index (χ3n) is 4.11. The van der Waals surface area contributed by atoms with Gasteiger partial charge in [-0.1, -0.05) is 6.92 Å². The molecule has 0 bridgehead atoms. The number of anilines is 1. The fourth-order valence-corrected chi connectivity index (χ4v) is 2.68. The van der Waals surface area contributed by atoms with Crippen LogP contribution < -0.4 is 10.6 Å². The lowest BCUT2D eigenvalue weighted by atomic mass is 10.00. The number of hydrogen-bond donors (Lipinski definition) is 2. The Kier molecular flexibility index (Phi) is 6.28. The van der Waals surface area contributed by atoms with E-state index < -0.39 is 11.7 Å². The smallest absolute Gasteiger partial charge is 0.368 e. The van der Waals surface area contributed by atoms with Gasteiger partial charge in [0.25, 0.3) is 0 Å². The summed E-state index contributed by atoms with van der Waals surface area (Å²) in [5.41, 5.74) is -0.751. The average molecular weight is 343 g/mol. The Hall–Kier alpha value is -1.99. The molecule has 0 amide bonds. The van der Waals surface area contributed by atoms with Crippen molar-refractivity contribution in [2.45, 2.75) is 25.9 Å². The number of piperidine rings is 1. The van der Waals surface area contributed by atoms with Crippen LogP contribution in [0, 0.1) is 5.92 Å². The van der Waals surface area contributed by atoms with Crippen LogP contribution in [0.1, 0.15) is 25.3 Å². The Morgan fingerprint density at radius 2 is 2.04 bits per heavy atom. The molecule has 0 atom stereocenters. The first kappa shape index (κ1) is 18.4. The van der Waals surface area contributed by atoms with Crippen molar-refractivity contribution in [3.8, 4) is 0 Å². The van der Waals surface area contributed by atoms with Crippen molar-refractivity contribution in [2.24, 2.45) is 10.9 Å². The van der Waals surface area contributed by atoms with E-state index in [9.17, 15) is 13.2 Å². The van der Waals surface area contributed by atoms with Gasteiger partial charge in [-0.15, -0.1) is 0 Å². The first-order valence-electron chi connectivity index (χ1n) is 8.13. The van der Waals surface area contributed by atoms with Crippen molar-refractivity contribution >= 4 is 11.8 Å². The predicted octanol–water partition coefficient (Wildman–Crippen LogP) is 2.82. The van der Waals surface area contributed by atoms with E-state index in [-0.39, 0.29) is 5.82 Å². The average Bonchev–Trinajstić information content (AvgIpc) is 2.55. The minimum absolute atomic E-state index is 0.145. The third-order valence-corrected chi connectivity index (χ3v) is 4.11. The van der Waals surface area contributed by atoms with Crippen molar-refractivity contribution in [2.75, 3.05) is 38.5 Å². The molecule has 0 spiro atoms. The molecule has 24 heavy (non-hydrogen) atoms. The van der Waals surface area contributed by atoms with Crippen LogP contribution in [0.3, 0.4) is 0 Å². The summed E-state index contributed by atoms with van der Waals surface area (Å²) in [6.45, 7) is 4.93. The standard InChI is InChI=1S/C16H24F3N5/c1-12-5-10-24(11-6-12)15(20-2)23-9-8-22-14-13(16(17,18)19)4-3-7-21-14/h3-4,7,12H,5-6,8-11H2,1-2H3,(H,20,23)(H,21,22). The SMILES string of the molecule is CN=C(NCCNc1ncccc1C(F)(F)F)N1CCC(C)CC1. The van der Waals surface area contributed by atoms with Gasteiger partial charge in [-0.25, -0.2) is 4.98 Å². The number of likely N-dealkylation sites (tertiary alicyclic amines) is 1. The van der Waals surface area contributed by atoms with E-state index in [1.807, 2.05) is 0 Å². The monoisotopic (exact) mass is 343 g/mol. The van der Waals surface area contributed by atoms with E-state index in [0.717, 1.165) is 43.9 Å². The zero-order chi connectivity index (χ0) is 17.6. The van der Waals surface area contributed by atoms with E-state index in [1.165, 1.54) is 12.3 Å². The number of nitrogens with one attached hydrogen (secondary N) is 2. The van der Waals surface area contributed by atoms with E-state index in [1.54, 1.807) is 7.05 Å². The molecule has 0 radical (unpaired) electrons. The highest BCUT2D eigenvalue weighted by atomic mass is 19.4. The highest BCUT2D eigenvalue weighted by Crippen LogP contribution is 2.33. The van der Waals surface area contributed by atoms with Gasteiger partial charge in [-0.3, -0.25) is 4.99 Å². The van der Waals surface area contributed by atoms with E-state index >= 15 is 0 Å². The summed E-state index contributed by atoms with van der Waals surface area (Å²) < 4.78 is 38.7. The second kappa shape index (κ2) is 8.21. The van der Waals surface area contributed by atoms with Crippen molar-refractivity contribution in [1.82, 2.24) is 15.2 Å². The molecule has 0 aromatic carbocycles. The molecule has 1 saturated heterocycles. The number of pyridine rings is 1. The lowest BCUT2D eigenvalue weighted by molar-refractivity contribution is -0.137. The summed E-state index contributed by atoms with van der Waals surface area (Å²) in [6.07, 6.45) is -0.812. The Morgan fingerprint density at radius 1 is 1.33 bits per heavy atom. The summed E-state index contributed by atoms with van der Waals surface area (Å²) in [5.74, 6) is 1.38. The molecule has 2 heterocycles. The van der Waals surface area contributed by atoms with Gasteiger partial charge in [0.1, 0.15) is 5.82 Å². The van der Waals surface area contributed by atoms with Crippen LogP contribution in [0.5, 0.6) is 0 Å². The Bertz CT molecular complexity index is 551. The Labute approximate surface area is 140 Å². The van der Waals surface area contributed by atoms with Crippen LogP contribution in [0.25, 0.3) is 0 Å². The van der Waals surface area contributed by atoms with Crippen molar-refractivity contribution in [3.63, 3.8) is 0 Å². The van der Waals surface area contributed by atoms with Gasteiger partial charge in [-0.05, 0) is 30.9 Å². The van der Waals surface area contributed by atoms with E-state index in [2.05, 4.69) is 32.4 Å². The molecule has 8 heteroatoms. The number of nitrogens with zero attached hydrogens (tertiary/aromatic N) is 3. The van der Waals surface area contributed by atoms with Gasteiger partial charge >= 0.3 is 6.18 Å². The van der Waals surface area contributed by atoms with Crippen LogP contribution in [0.15, 0.2) is 23.3 Å². The molecule has 5 nitrogen and oxygen atoms in total.